The Labute approximate surface area is 105 Å². The molecule has 1 rings (SSSR count). The molecule has 0 saturated carbocycles. The monoisotopic (exact) mass is 236 g/mol. The van der Waals surface area contributed by atoms with Gasteiger partial charge in [0.2, 0.25) is 0 Å². The maximum Gasteiger partial charge on any atom is 0.119 e. The molecular weight excluding hydrogens is 212 g/mol. The fourth-order valence-electron chi connectivity index (χ4n) is 1.53. The maximum atomic E-state index is 10.5. The van der Waals surface area contributed by atoms with Gasteiger partial charge in [0.25, 0.3) is 0 Å². The normalized spacial score (nSPS) is 15.4. The van der Waals surface area contributed by atoms with Gasteiger partial charge in [-0.2, -0.15) is 0 Å². The van der Waals surface area contributed by atoms with Gasteiger partial charge in [-0.1, -0.05) is 39.8 Å². The molecule has 1 aromatic carbocycles. The number of hydrogen-bond acceptors (Lipinski definition) is 2. The van der Waals surface area contributed by atoms with Crippen LogP contribution in [0.15, 0.2) is 24.3 Å². The van der Waals surface area contributed by atoms with Gasteiger partial charge < -0.3 is 9.84 Å². The van der Waals surface area contributed by atoms with Crippen molar-refractivity contribution >= 4 is 0 Å². The smallest absolute Gasteiger partial charge is 0.119 e. The molecule has 0 spiro atoms. The molecule has 0 saturated heterocycles. The van der Waals surface area contributed by atoms with Crippen molar-refractivity contribution in [1.82, 2.24) is 0 Å². The lowest BCUT2D eigenvalue weighted by atomic mass is 9.73. The van der Waals surface area contributed by atoms with Gasteiger partial charge in [0.05, 0.1) is 12.2 Å². The highest BCUT2D eigenvalue weighted by atomic mass is 16.5. The average molecular weight is 236 g/mol. The number of aliphatic hydroxyl groups is 1. The fourth-order valence-corrected chi connectivity index (χ4v) is 1.53. The van der Waals surface area contributed by atoms with Gasteiger partial charge in [-0.15, -0.1) is 0 Å². The summed E-state index contributed by atoms with van der Waals surface area (Å²) in [6.07, 6.45) is 1.00. The first-order valence-corrected chi connectivity index (χ1v) is 6.24. The zero-order valence-electron chi connectivity index (χ0n) is 11.6. The summed E-state index contributed by atoms with van der Waals surface area (Å²) in [7, 11) is 0. The Kier molecular flexibility index (Phi) is 4.21. The Hall–Kier alpha value is -1.02. The highest BCUT2D eigenvalue weighted by Crippen LogP contribution is 2.39. The van der Waals surface area contributed by atoms with Crippen LogP contribution in [0.3, 0.4) is 0 Å². The van der Waals surface area contributed by atoms with Crippen LogP contribution in [0, 0.1) is 5.41 Å². The lowest BCUT2D eigenvalue weighted by molar-refractivity contribution is -0.0470. The Bertz CT molecular complexity index is 344. The average Bonchev–Trinajstić information content (AvgIpc) is 2.25. The van der Waals surface area contributed by atoms with E-state index in [1.165, 1.54) is 0 Å². The second-order valence-electron chi connectivity index (χ2n) is 5.70. The first-order chi connectivity index (χ1) is 7.79. The number of rotatable bonds is 4. The molecule has 2 heteroatoms. The molecule has 0 aromatic heterocycles. The molecule has 0 aliphatic rings. The van der Waals surface area contributed by atoms with E-state index < -0.39 is 5.60 Å². The van der Waals surface area contributed by atoms with Crippen LogP contribution in [0.1, 0.15) is 46.6 Å². The van der Waals surface area contributed by atoms with E-state index in [9.17, 15) is 5.11 Å². The number of ether oxygens (including phenoxy) is 1. The van der Waals surface area contributed by atoms with Crippen LogP contribution < -0.4 is 4.74 Å². The van der Waals surface area contributed by atoms with Crippen molar-refractivity contribution < 1.29 is 9.84 Å². The molecule has 2 nitrogen and oxygen atoms in total. The lowest BCUT2D eigenvalue weighted by Gasteiger charge is -2.37. The molecule has 0 amide bonds. The van der Waals surface area contributed by atoms with Crippen molar-refractivity contribution in [2.75, 3.05) is 6.61 Å². The zero-order chi connectivity index (χ0) is 13.1. The van der Waals surface area contributed by atoms with Gasteiger partial charge in [0.15, 0.2) is 0 Å². The van der Waals surface area contributed by atoms with Crippen LogP contribution in [0.25, 0.3) is 0 Å². The van der Waals surface area contributed by atoms with Crippen molar-refractivity contribution in [2.45, 2.75) is 46.6 Å². The summed E-state index contributed by atoms with van der Waals surface area (Å²) in [6.45, 7) is 10.8. The van der Waals surface area contributed by atoms with E-state index in [4.69, 9.17) is 4.74 Å². The second-order valence-corrected chi connectivity index (χ2v) is 5.70. The van der Waals surface area contributed by atoms with E-state index in [0.717, 1.165) is 24.3 Å². The summed E-state index contributed by atoms with van der Waals surface area (Å²) >= 11 is 0. The number of benzene rings is 1. The molecule has 1 aromatic rings. The summed E-state index contributed by atoms with van der Waals surface area (Å²) in [4.78, 5) is 0. The quantitative estimate of drug-likeness (QED) is 0.863. The van der Waals surface area contributed by atoms with Gasteiger partial charge in [-0.3, -0.25) is 0 Å². The summed E-state index contributed by atoms with van der Waals surface area (Å²) in [5.74, 6) is 0.861. The predicted octanol–water partition coefficient (Wildman–Crippen LogP) is 3.73. The third-order valence-electron chi connectivity index (χ3n) is 3.35. The van der Waals surface area contributed by atoms with Crippen LogP contribution in [0.5, 0.6) is 5.75 Å². The van der Waals surface area contributed by atoms with E-state index >= 15 is 0 Å². The topological polar surface area (TPSA) is 29.5 Å². The standard InChI is InChI=1S/C15H24O2/c1-6-11-17-13-9-7-12(8-10-13)15(5,16)14(2,3)4/h7-10,16H,6,11H2,1-5H3. The number of hydrogen-bond donors (Lipinski definition) is 1. The third kappa shape index (κ3) is 3.22. The van der Waals surface area contributed by atoms with Crippen molar-refractivity contribution in [1.29, 1.82) is 0 Å². The molecule has 1 atom stereocenters. The maximum absolute atomic E-state index is 10.5. The molecule has 0 fully saturated rings. The first-order valence-electron chi connectivity index (χ1n) is 6.24. The lowest BCUT2D eigenvalue weighted by Crippen LogP contribution is -2.36. The van der Waals surface area contributed by atoms with E-state index in [1.807, 2.05) is 52.0 Å². The van der Waals surface area contributed by atoms with Crippen molar-refractivity contribution in [2.24, 2.45) is 5.41 Å². The Balaban J connectivity index is 2.87. The Morgan fingerprint density at radius 1 is 1.06 bits per heavy atom. The molecule has 0 bridgehead atoms. The first kappa shape index (κ1) is 14.0. The fraction of sp³-hybridized carbons (Fsp3) is 0.600. The summed E-state index contributed by atoms with van der Waals surface area (Å²) < 4.78 is 5.53. The molecule has 1 unspecified atom stereocenters. The molecule has 17 heavy (non-hydrogen) atoms. The second kappa shape index (κ2) is 5.09. The predicted molar refractivity (Wildman–Crippen MR) is 71.3 cm³/mol. The molecule has 0 aliphatic heterocycles. The molecule has 96 valence electrons. The molecular formula is C15H24O2. The Morgan fingerprint density at radius 2 is 1.59 bits per heavy atom. The summed E-state index contributed by atoms with van der Waals surface area (Å²) in [5.41, 5.74) is -0.108. The molecule has 0 radical (unpaired) electrons. The van der Waals surface area contributed by atoms with Crippen LogP contribution in [0.4, 0.5) is 0 Å². The van der Waals surface area contributed by atoms with Gasteiger partial charge in [-0.05, 0) is 36.5 Å². The highest BCUT2D eigenvalue weighted by Gasteiger charge is 2.36. The van der Waals surface area contributed by atoms with Crippen molar-refractivity contribution in [3.05, 3.63) is 29.8 Å². The van der Waals surface area contributed by atoms with Crippen molar-refractivity contribution in [3.8, 4) is 5.75 Å². The summed E-state index contributed by atoms with van der Waals surface area (Å²) in [6, 6.07) is 7.73. The van der Waals surface area contributed by atoms with Crippen molar-refractivity contribution in [3.63, 3.8) is 0 Å². The van der Waals surface area contributed by atoms with Crippen LogP contribution in [-0.2, 0) is 5.60 Å². The highest BCUT2D eigenvalue weighted by molar-refractivity contribution is 5.31. The minimum atomic E-state index is -0.837. The summed E-state index contributed by atoms with van der Waals surface area (Å²) in [5, 5.41) is 10.5. The largest absolute Gasteiger partial charge is 0.494 e. The van der Waals surface area contributed by atoms with E-state index in [-0.39, 0.29) is 5.41 Å². The van der Waals surface area contributed by atoms with Gasteiger partial charge >= 0.3 is 0 Å². The molecule has 0 heterocycles. The van der Waals surface area contributed by atoms with E-state index in [1.54, 1.807) is 0 Å². The third-order valence-corrected chi connectivity index (χ3v) is 3.35. The zero-order valence-corrected chi connectivity index (χ0v) is 11.6. The Morgan fingerprint density at radius 3 is 2.00 bits per heavy atom. The minimum absolute atomic E-state index is 0.196. The minimum Gasteiger partial charge on any atom is -0.494 e. The van der Waals surface area contributed by atoms with E-state index in [2.05, 4.69) is 6.92 Å². The van der Waals surface area contributed by atoms with Crippen LogP contribution in [0.2, 0.25) is 0 Å². The van der Waals surface area contributed by atoms with Crippen LogP contribution >= 0.6 is 0 Å². The SMILES string of the molecule is CCCOc1ccc(C(C)(O)C(C)(C)C)cc1. The van der Waals surface area contributed by atoms with Gasteiger partial charge in [0.1, 0.15) is 5.75 Å². The van der Waals surface area contributed by atoms with Gasteiger partial charge in [0, 0.05) is 0 Å². The van der Waals surface area contributed by atoms with Gasteiger partial charge in [-0.25, -0.2) is 0 Å². The van der Waals surface area contributed by atoms with E-state index in [0.29, 0.717) is 0 Å². The molecule has 1 N–H and O–H groups in total. The molecule has 0 aliphatic carbocycles. The van der Waals surface area contributed by atoms with Crippen LogP contribution in [-0.4, -0.2) is 11.7 Å².